The third-order valence-electron chi connectivity index (χ3n) is 3.09. The molecule has 2 N–H and O–H groups in total. The zero-order chi connectivity index (χ0) is 14.3. The fourth-order valence-electron chi connectivity index (χ4n) is 1.93. The molecule has 0 aliphatic heterocycles. The van der Waals surface area contributed by atoms with Crippen LogP contribution in [0.1, 0.15) is 25.0 Å². The first-order chi connectivity index (χ1) is 9.08. The van der Waals surface area contributed by atoms with Gasteiger partial charge in [-0.2, -0.15) is 0 Å². The third-order valence-corrected chi connectivity index (χ3v) is 3.09. The van der Waals surface area contributed by atoms with E-state index in [1.807, 2.05) is 43.0 Å². The van der Waals surface area contributed by atoms with Gasteiger partial charge in [0.2, 0.25) is 5.91 Å². The summed E-state index contributed by atoms with van der Waals surface area (Å²) >= 11 is 0. The van der Waals surface area contributed by atoms with Crippen molar-refractivity contribution >= 4 is 5.91 Å². The lowest BCUT2D eigenvalue weighted by Gasteiger charge is -2.26. The van der Waals surface area contributed by atoms with Crippen molar-refractivity contribution in [1.82, 2.24) is 4.90 Å². The summed E-state index contributed by atoms with van der Waals surface area (Å²) in [5.41, 5.74) is 7.65. The van der Waals surface area contributed by atoms with Gasteiger partial charge >= 0.3 is 0 Å². The summed E-state index contributed by atoms with van der Waals surface area (Å²) in [6.07, 6.45) is 0.423. The van der Waals surface area contributed by atoms with E-state index < -0.39 is 0 Å². The first-order valence-electron chi connectivity index (χ1n) is 6.64. The monoisotopic (exact) mass is 264 g/mol. The van der Waals surface area contributed by atoms with Crippen LogP contribution in [0.2, 0.25) is 0 Å². The Morgan fingerprint density at radius 1 is 1.26 bits per heavy atom. The maximum atomic E-state index is 12.3. The molecule has 1 aromatic carbocycles. The maximum absolute atomic E-state index is 12.3. The Balaban J connectivity index is 2.64. The number of ether oxygens (including phenoxy) is 1. The van der Waals surface area contributed by atoms with Gasteiger partial charge in [-0.3, -0.25) is 4.79 Å². The van der Waals surface area contributed by atoms with Crippen LogP contribution >= 0.6 is 0 Å². The van der Waals surface area contributed by atoms with Crippen molar-refractivity contribution in [3.63, 3.8) is 0 Å². The Morgan fingerprint density at radius 2 is 1.84 bits per heavy atom. The highest BCUT2D eigenvalue weighted by atomic mass is 16.5. The van der Waals surface area contributed by atoms with Gasteiger partial charge in [0, 0.05) is 26.2 Å². The van der Waals surface area contributed by atoms with E-state index in [1.165, 1.54) is 0 Å². The highest BCUT2D eigenvalue weighted by molar-refractivity contribution is 5.79. The summed E-state index contributed by atoms with van der Waals surface area (Å²) in [4.78, 5) is 14.1. The number of rotatable bonds is 7. The quantitative estimate of drug-likeness (QED) is 0.813. The van der Waals surface area contributed by atoms with Crippen LogP contribution in [0.15, 0.2) is 24.3 Å². The summed E-state index contributed by atoms with van der Waals surface area (Å²) in [7, 11) is 1.65. The van der Waals surface area contributed by atoms with Crippen molar-refractivity contribution in [2.75, 3.05) is 20.3 Å². The largest absolute Gasteiger partial charge is 0.383 e. The van der Waals surface area contributed by atoms with Gasteiger partial charge in [-0.25, -0.2) is 0 Å². The Morgan fingerprint density at radius 3 is 2.32 bits per heavy atom. The van der Waals surface area contributed by atoms with Crippen LogP contribution in [0.3, 0.4) is 0 Å². The lowest BCUT2D eigenvalue weighted by Crippen LogP contribution is -2.40. The number of amides is 1. The van der Waals surface area contributed by atoms with E-state index in [4.69, 9.17) is 10.5 Å². The molecule has 0 bridgehead atoms. The molecule has 0 atom stereocenters. The van der Waals surface area contributed by atoms with E-state index in [-0.39, 0.29) is 11.9 Å². The normalized spacial score (nSPS) is 10.8. The lowest BCUT2D eigenvalue weighted by molar-refractivity contribution is -0.132. The highest BCUT2D eigenvalue weighted by Crippen LogP contribution is 2.08. The predicted molar refractivity (Wildman–Crippen MR) is 76.8 cm³/mol. The summed E-state index contributed by atoms with van der Waals surface area (Å²) in [6, 6.07) is 8.06. The number of hydrogen-bond donors (Lipinski definition) is 1. The van der Waals surface area contributed by atoms with Gasteiger partial charge in [-0.1, -0.05) is 24.3 Å². The van der Waals surface area contributed by atoms with Crippen molar-refractivity contribution in [3.05, 3.63) is 35.4 Å². The van der Waals surface area contributed by atoms with E-state index in [9.17, 15) is 4.79 Å². The second-order valence-electron chi connectivity index (χ2n) is 4.87. The molecule has 0 heterocycles. The van der Waals surface area contributed by atoms with Crippen molar-refractivity contribution in [2.45, 2.75) is 32.9 Å². The van der Waals surface area contributed by atoms with Crippen LogP contribution < -0.4 is 5.73 Å². The second kappa shape index (κ2) is 7.92. The van der Waals surface area contributed by atoms with Gasteiger partial charge in [-0.05, 0) is 25.0 Å². The van der Waals surface area contributed by atoms with Gasteiger partial charge in [0.05, 0.1) is 13.0 Å². The first-order valence-corrected chi connectivity index (χ1v) is 6.64. The van der Waals surface area contributed by atoms with E-state index >= 15 is 0 Å². The molecule has 4 nitrogen and oxygen atoms in total. The van der Waals surface area contributed by atoms with Crippen LogP contribution in [-0.4, -0.2) is 37.1 Å². The zero-order valence-corrected chi connectivity index (χ0v) is 12.1. The van der Waals surface area contributed by atoms with Gasteiger partial charge in [-0.15, -0.1) is 0 Å². The number of hydrogen-bond acceptors (Lipinski definition) is 3. The van der Waals surface area contributed by atoms with Crippen molar-refractivity contribution in [2.24, 2.45) is 5.73 Å². The molecule has 0 fully saturated rings. The summed E-state index contributed by atoms with van der Waals surface area (Å²) < 4.78 is 5.05. The van der Waals surface area contributed by atoms with Crippen molar-refractivity contribution in [3.8, 4) is 0 Å². The fourth-order valence-corrected chi connectivity index (χ4v) is 1.93. The predicted octanol–water partition coefficient (Wildman–Crippen LogP) is 1.57. The molecule has 19 heavy (non-hydrogen) atoms. The van der Waals surface area contributed by atoms with Gasteiger partial charge in [0.15, 0.2) is 0 Å². The number of nitrogens with zero attached hydrogens (tertiary/aromatic N) is 1. The molecule has 106 valence electrons. The van der Waals surface area contributed by atoms with Crippen molar-refractivity contribution < 1.29 is 9.53 Å². The fraction of sp³-hybridized carbons (Fsp3) is 0.533. The van der Waals surface area contributed by atoms with Crippen LogP contribution in [0.25, 0.3) is 0 Å². The molecule has 1 rings (SSSR count). The molecule has 0 aliphatic rings. The number of carbonyl (C=O) groups excluding carboxylic acids is 1. The number of methoxy groups -OCH3 is 1. The minimum Gasteiger partial charge on any atom is -0.383 e. The minimum absolute atomic E-state index is 0.132. The minimum atomic E-state index is 0.132. The summed E-state index contributed by atoms with van der Waals surface area (Å²) in [5.74, 6) is 0.132. The molecule has 0 radical (unpaired) electrons. The smallest absolute Gasteiger partial charge is 0.227 e. The van der Waals surface area contributed by atoms with Crippen LogP contribution in [-0.2, 0) is 22.5 Å². The topological polar surface area (TPSA) is 55.6 Å². The van der Waals surface area contributed by atoms with Gasteiger partial charge < -0.3 is 15.4 Å². The molecular weight excluding hydrogens is 240 g/mol. The third kappa shape index (κ3) is 5.01. The molecule has 1 aromatic rings. The molecule has 0 aliphatic carbocycles. The van der Waals surface area contributed by atoms with E-state index in [0.717, 1.165) is 11.1 Å². The number of benzene rings is 1. The maximum Gasteiger partial charge on any atom is 0.227 e. The van der Waals surface area contributed by atoms with E-state index in [0.29, 0.717) is 26.1 Å². The molecule has 4 heteroatoms. The Labute approximate surface area is 115 Å². The average Bonchev–Trinajstić information content (AvgIpc) is 2.39. The van der Waals surface area contributed by atoms with Crippen LogP contribution in [0.5, 0.6) is 0 Å². The van der Waals surface area contributed by atoms with E-state index in [2.05, 4.69) is 0 Å². The SMILES string of the molecule is COCCN(C(=O)Cc1ccc(CN)cc1)C(C)C. The second-order valence-corrected chi connectivity index (χ2v) is 4.87. The van der Waals surface area contributed by atoms with E-state index in [1.54, 1.807) is 7.11 Å². The Bertz CT molecular complexity index is 388. The molecule has 0 saturated carbocycles. The lowest BCUT2D eigenvalue weighted by atomic mass is 10.1. The molecule has 1 amide bonds. The van der Waals surface area contributed by atoms with Crippen molar-refractivity contribution in [1.29, 1.82) is 0 Å². The Kier molecular flexibility index (Phi) is 6.53. The Hall–Kier alpha value is -1.39. The zero-order valence-electron chi connectivity index (χ0n) is 12.1. The summed E-state index contributed by atoms with van der Waals surface area (Å²) in [6.45, 7) is 5.76. The molecule has 0 aromatic heterocycles. The van der Waals surface area contributed by atoms with Gasteiger partial charge in [0.25, 0.3) is 0 Å². The first kappa shape index (κ1) is 15.7. The molecule has 0 spiro atoms. The molecule has 0 unspecified atom stereocenters. The highest BCUT2D eigenvalue weighted by Gasteiger charge is 2.16. The standard InChI is InChI=1S/C15H24N2O2/c1-12(2)17(8-9-19-3)15(18)10-13-4-6-14(11-16)7-5-13/h4-7,12H,8-11,16H2,1-3H3. The molecule has 0 saturated heterocycles. The summed E-state index contributed by atoms with van der Waals surface area (Å²) in [5, 5.41) is 0. The average molecular weight is 264 g/mol. The number of nitrogens with two attached hydrogens (primary N) is 1. The molecular formula is C15H24N2O2. The number of carbonyl (C=O) groups is 1. The van der Waals surface area contributed by atoms with Crippen LogP contribution in [0.4, 0.5) is 0 Å². The van der Waals surface area contributed by atoms with Gasteiger partial charge in [0.1, 0.15) is 0 Å². The van der Waals surface area contributed by atoms with Crippen LogP contribution in [0, 0.1) is 0 Å².